The van der Waals surface area contributed by atoms with Gasteiger partial charge in [-0.05, 0) is 20.8 Å². The van der Waals surface area contributed by atoms with Crippen LogP contribution in [0.15, 0.2) is 0 Å². The van der Waals surface area contributed by atoms with Gasteiger partial charge in [0.25, 0.3) is 0 Å². The number of hydrogen-bond donors (Lipinski definition) is 1. The van der Waals surface area contributed by atoms with Crippen LogP contribution >= 0.6 is 0 Å². The summed E-state index contributed by atoms with van der Waals surface area (Å²) in [6.45, 7) is 14.0. The summed E-state index contributed by atoms with van der Waals surface area (Å²) in [6, 6.07) is 1.69. The molecule has 0 bridgehead atoms. The minimum absolute atomic E-state index is 0.558. The van der Waals surface area contributed by atoms with Gasteiger partial charge in [0.15, 0.2) is 0 Å². The highest BCUT2D eigenvalue weighted by Gasteiger charge is 2.16. The molecule has 15 heavy (non-hydrogen) atoms. The molecule has 1 atom stereocenters. The zero-order valence-corrected chi connectivity index (χ0v) is 11.2. The Balaban J connectivity index is 3.98. The lowest BCUT2D eigenvalue weighted by molar-refractivity contribution is 0.100. The fraction of sp³-hybridized carbons (Fsp3) is 1.00. The molecule has 0 aliphatic heterocycles. The maximum atomic E-state index is 5.14. The van der Waals surface area contributed by atoms with E-state index >= 15 is 0 Å². The van der Waals surface area contributed by atoms with Gasteiger partial charge in [0, 0.05) is 38.3 Å². The van der Waals surface area contributed by atoms with Gasteiger partial charge in [0.1, 0.15) is 0 Å². The average molecular weight is 216 g/mol. The molecule has 0 fully saturated rings. The van der Waals surface area contributed by atoms with Gasteiger partial charge >= 0.3 is 0 Å². The topological polar surface area (TPSA) is 24.5 Å². The first kappa shape index (κ1) is 14.9. The Morgan fingerprint density at radius 1 is 1.13 bits per heavy atom. The van der Waals surface area contributed by atoms with Crippen molar-refractivity contribution in [3.8, 4) is 0 Å². The van der Waals surface area contributed by atoms with E-state index in [1.165, 1.54) is 0 Å². The first-order chi connectivity index (χ1) is 6.99. The summed E-state index contributed by atoms with van der Waals surface area (Å²) in [7, 11) is 1.76. The minimum atomic E-state index is 0.558. The summed E-state index contributed by atoms with van der Waals surface area (Å²) in [6.07, 6.45) is 0. The lowest BCUT2D eigenvalue weighted by atomic mass is 10.2. The third-order valence-electron chi connectivity index (χ3n) is 2.60. The van der Waals surface area contributed by atoms with Crippen LogP contribution in [0.5, 0.6) is 0 Å². The zero-order chi connectivity index (χ0) is 11.8. The SMILES string of the molecule is COCCN(C(C)C)C(C)CNC(C)C. The second-order valence-electron chi connectivity index (χ2n) is 4.74. The summed E-state index contributed by atoms with van der Waals surface area (Å²) >= 11 is 0. The van der Waals surface area contributed by atoms with Crippen LogP contribution < -0.4 is 5.32 Å². The van der Waals surface area contributed by atoms with E-state index in [2.05, 4.69) is 44.8 Å². The fourth-order valence-electron chi connectivity index (χ4n) is 1.71. The lowest BCUT2D eigenvalue weighted by Gasteiger charge is -2.33. The normalized spacial score (nSPS) is 14.2. The van der Waals surface area contributed by atoms with Gasteiger partial charge in [-0.1, -0.05) is 13.8 Å². The standard InChI is InChI=1S/C12H28N2O/c1-10(2)13-9-12(5)14(11(3)4)7-8-15-6/h10-13H,7-9H2,1-6H3. The molecule has 92 valence electrons. The lowest BCUT2D eigenvalue weighted by Crippen LogP contribution is -2.46. The minimum Gasteiger partial charge on any atom is -0.383 e. The first-order valence-electron chi connectivity index (χ1n) is 5.97. The molecule has 1 unspecified atom stereocenters. The van der Waals surface area contributed by atoms with Crippen LogP contribution in [-0.4, -0.2) is 49.8 Å². The molecular formula is C12H28N2O. The van der Waals surface area contributed by atoms with Gasteiger partial charge in [-0.2, -0.15) is 0 Å². The van der Waals surface area contributed by atoms with Gasteiger partial charge in [-0.15, -0.1) is 0 Å². The Hall–Kier alpha value is -0.120. The summed E-state index contributed by atoms with van der Waals surface area (Å²) in [4.78, 5) is 2.47. The van der Waals surface area contributed by atoms with E-state index in [0.29, 0.717) is 18.1 Å². The van der Waals surface area contributed by atoms with E-state index in [4.69, 9.17) is 4.74 Å². The van der Waals surface area contributed by atoms with E-state index in [-0.39, 0.29) is 0 Å². The van der Waals surface area contributed by atoms with Gasteiger partial charge in [0.05, 0.1) is 6.61 Å². The summed E-state index contributed by atoms with van der Waals surface area (Å²) in [5.74, 6) is 0. The molecule has 0 spiro atoms. The van der Waals surface area contributed by atoms with Crippen LogP contribution in [0.25, 0.3) is 0 Å². The molecule has 0 amide bonds. The maximum Gasteiger partial charge on any atom is 0.0589 e. The Morgan fingerprint density at radius 3 is 2.13 bits per heavy atom. The molecule has 0 saturated carbocycles. The van der Waals surface area contributed by atoms with Crippen LogP contribution in [0, 0.1) is 0 Å². The van der Waals surface area contributed by atoms with Crippen LogP contribution in [0.1, 0.15) is 34.6 Å². The number of ether oxygens (including phenoxy) is 1. The smallest absolute Gasteiger partial charge is 0.0589 e. The van der Waals surface area contributed by atoms with Crippen molar-refractivity contribution in [2.45, 2.75) is 52.7 Å². The van der Waals surface area contributed by atoms with Gasteiger partial charge in [0.2, 0.25) is 0 Å². The summed E-state index contributed by atoms with van der Waals surface area (Å²) in [5, 5.41) is 3.47. The average Bonchev–Trinajstić information content (AvgIpc) is 2.14. The van der Waals surface area contributed by atoms with E-state index in [1.807, 2.05) is 0 Å². The van der Waals surface area contributed by atoms with E-state index < -0.39 is 0 Å². The Labute approximate surface area is 95.2 Å². The number of nitrogens with zero attached hydrogens (tertiary/aromatic N) is 1. The predicted octanol–water partition coefficient (Wildman–Crippen LogP) is 1.73. The van der Waals surface area contributed by atoms with Crippen molar-refractivity contribution in [1.82, 2.24) is 10.2 Å². The molecule has 0 saturated heterocycles. The second-order valence-corrected chi connectivity index (χ2v) is 4.74. The summed E-state index contributed by atoms with van der Waals surface area (Å²) < 4.78 is 5.14. The molecule has 0 aromatic carbocycles. The van der Waals surface area contributed by atoms with Crippen molar-refractivity contribution in [3.05, 3.63) is 0 Å². The van der Waals surface area contributed by atoms with Crippen LogP contribution in [-0.2, 0) is 4.74 Å². The summed E-state index contributed by atoms with van der Waals surface area (Å²) in [5.41, 5.74) is 0. The van der Waals surface area contributed by atoms with Crippen LogP contribution in [0.3, 0.4) is 0 Å². The van der Waals surface area contributed by atoms with E-state index in [1.54, 1.807) is 7.11 Å². The van der Waals surface area contributed by atoms with E-state index in [0.717, 1.165) is 19.7 Å². The molecule has 0 aromatic heterocycles. The van der Waals surface area contributed by atoms with Crippen LogP contribution in [0.2, 0.25) is 0 Å². The third-order valence-corrected chi connectivity index (χ3v) is 2.60. The van der Waals surface area contributed by atoms with Crippen molar-refractivity contribution in [1.29, 1.82) is 0 Å². The number of nitrogens with one attached hydrogen (secondary N) is 1. The molecule has 1 N–H and O–H groups in total. The highest BCUT2D eigenvalue weighted by Crippen LogP contribution is 2.04. The zero-order valence-electron chi connectivity index (χ0n) is 11.2. The van der Waals surface area contributed by atoms with Gasteiger partial charge in [-0.25, -0.2) is 0 Å². The van der Waals surface area contributed by atoms with Crippen molar-refractivity contribution in [3.63, 3.8) is 0 Å². The van der Waals surface area contributed by atoms with E-state index in [9.17, 15) is 0 Å². The quantitative estimate of drug-likeness (QED) is 0.669. The Morgan fingerprint density at radius 2 is 1.73 bits per heavy atom. The number of rotatable bonds is 8. The Kier molecular flexibility index (Phi) is 8.02. The first-order valence-corrected chi connectivity index (χ1v) is 5.97. The molecule has 0 radical (unpaired) electrons. The van der Waals surface area contributed by atoms with Crippen molar-refractivity contribution >= 4 is 0 Å². The monoisotopic (exact) mass is 216 g/mol. The molecule has 0 heterocycles. The molecule has 0 rings (SSSR count). The molecule has 3 nitrogen and oxygen atoms in total. The molecular weight excluding hydrogens is 188 g/mol. The number of methoxy groups -OCH3 is 1. The molecule has 0 aliphatic carbocycles. The maximum absolute atomic E-state index is 5.14. The third kappa shape index (κ3) is 6.88. The largest absolute Gasteiger partial charge is 0.383 e. The molecule has 0 aliphatic rings. The predicted molar refractivity (Wildman–Crippen MR) is 66.3 cm³/mol. The molecule has 0 aromatic rings. The van der Waals surface area contributed by atoms with Crippen molar-refractivity contribution in [2.75, 3.05) is 26.8 Å². The van der Waals surface area contributed by atoms with Gasteiger partial charge < -0.3 is 10.1 Å². The van der Waals surface area contributed by atoms with Gasteiger partial charge in [-0.3, -0.25) is 4.90 Å². The highest BCUT2D eigenvalue weighted by molar-refractivity contribution is 4.73. The molecule has 3 heteroatoms. The second kappa shape index (κ2) is 8.08. The Bertz CT molecular complexity index is 149. The fourth-order valence-corrected chi connectivity index (χ4v) is 1.71. The van der Waals surface area contributed by atoms with Crippen molar-refractivity contribution < 1.29 is 4.74 Å². The number of hydrogen-bond acceptors (Lipinski definition) is 3. The highest BCUT2D eigenvalue weighted by atomic mass is 16.5. The van der Waals surface area contributed by atoms with Crippen LogP contribution in [0.4, 0.5) is 0 Å². The van der Waals surface area contributed by atoms with Crippen molar-refractivity contribution in [2.24, 2.45) is 0 Å².